The van der Waals surface area contributed by atoms with Gasteiger partial charge in [0.15, 0.2) is 0 Å². The molecule has 5 heteroatoms. The van der Waals surface area contributed by atoms with Crippen LogP contribution in [-0.2, 0) is 9.59 Å². The minimum Gasteiger partial charge on any atom is -0.494 e. The number of benzene rings is 1. The smallest absolute Gasteiger partial charge is 0.225 e. The normalized spacial score (nSPS) is 15.0. The lowest BCUT2D eigenvalue weighted by atomic mass is 10.0. The van der Waals surface area contributed by atoms with Gasteiger partial charge in [0.05, 0.1) is 6.61 Å². The summed E-state index contributed by atoms with van der Waals surface area (Å²) >= 11 is 0. The van der Waals surface area contributed by atoms with Gasteiger partial charge >= 0.3 is 0 Å². The highest BCUT2D eigenvalue weighted by Gasteiger charge is 2.25. The average Bonchev–Trinajstić information content (AvgIpc) is 2.93. The van der Waals surface area contributed by atoms with E-state index in [2.05, 4.69) is 13.8 Å². The van der Waals surface area contributed by atoms with E-state index in [9.17, 15) is 9.59 Å². The third-order valence-electron chi connectivity index (χ3n) is 5.32. The Labute approximate surface area is 163 Å². The molecule has 0 aromatic heterocycles. The van der Waals surface area contributed by atoms with Crippen molar-refractivity contribution in [2.24, 2.45) is 5.92 Å². The van der Waals surface area contributed by atoms with Crippen molar-refractivity contribution < 1.29 is 14.3 Å². The summed E-state index contributed by atoms with van der Waals surface area (Å²) < 4.78 is 5.70. The van der Waals surface area contributed by atoms with Gasteiger partial charge in [-0.25, -0.2) is 0 Å². The fourth-order valence-electron chi connectivity index (χ4n) is 3.49. The van der Waals surface area contributed by atoms with Crippen LogP contribution in [0.2, 0.25) is 0 Å². The molecule has 0 aliphatic carbocycles. The van der Waals surface area contributed by atoms with Crippen molar-refractivity contribution in [2.75, 3.05) is 32.8 Å². The number of carbonyl (C=O) groups excluding carboxylic acids is 2. The Morgan fingerprint density at radius 1 is 1.00 bits per heavy atom. The second kappa shape index (κ2) is 11.0. The number of amides is 2. The third-order valence-corrected chi connectivity index (χ3v) is 5.32. The summed E-state index contributed by atoms with van der Waals surface area (Å²) in [6, 6.07) is 7.95. The fraction of sp³-hybridized carbons (Fsp3) is 0.636. The molecule has 150 valence electrons. The molecule has 1 aliphatic rings. The largest absolute Gasteiger partial charge is 0.494 e. The van der Waals surface area contributed by atoms with Crippen molar-refractivity contribution >= 4 is 11.8 Å². The van der Waals surface area contributed by atoms with Gasteiger partial charge < -0.3 is 14.5 Å². The topological polar surface area (TPSA) is 49.9 Å². The van der Waals surface area contributed by atoms with Crippen LogP contribution in [0.4, 0.5) is 0 Å². The maximum absolute atomic E-state index is 12.6. The van der Waals surface area contributed by atoms with Gasteiger partial charge in [-0.3, -0.25) is 9.59 Å². The van der Waals surface area contributed by atoms with Crippen molar-refractivity contribution in [1.29, 1.82) is 0 Å². The van der Waals surface area contributed by atoms with Gasteiger partial charge in [-0.15, -0.1) is 0 Å². The molecule has 1 aromatic rings. The minimum absolute atomic E-state index is 0.117. The van der Waals surface area contributed by atoms with Gasteiger partial charge in [-0.05, 0) is 44.7 Å². The van der Waals surface area contributed by atoms with Crippen molar-refractivity contribution in [3.63, 3.8) is 0 Å². The van der Waals surface area contributed by atoms with Crippen molar-refractivity contribution in [1.82, 2.24) is 9.80 Å². The molecule has 1 heterocycles. The van der Waals surface area contributed by atoms with Crippen LogP contribution in [0.25, 0.3) is 0 Å². The van der Waals surface area contributed by atoms with E-state index in [1.54, 1.807) is 0 Å². The summed E-state index contributed by atoms with van der Waals surface area (Å²) in [5.74, 6) is 1.38. The van der Waals surface area contributed by atoms with E-state index >= 15 is 0 Å². The molecule has 2 rings (SSSR count). The van der Waals surface area contributed by atoms with Gasteiger partial charge in [-0.1, -0.05) is 31.5 Å². The highest BCUT2D eigenvalue weighted by molar-refractivity contribution is 5.79. The molecule has 0 atom stereocenters. The lowest BCUT2D eigenvalue weighted by Crippen LogP contribution is -2.39. The zero-order valence-electron chi connectivity index (χ0n) is 17.1. The number of aryl methyl sites for hydroxylation is 1. The first-order chi connectivity index (χ1) is 13.0. The Bertz CT molecular complexity index is 596. The summed E-state index contributed by atoms with van der Waals surface area (Å²) in [5.41, 5.74) is 1.20. The minimum atomic E-state index is 0.117. The highest BCUT2D eigenvalue weighted by atomic mass is 16.5. The first-order valence-corrected chi connectivity index (χ1v) is 10.3. The Hall–Kier alpha value is -2.04. The van der Waals surface area contributed by atoms with Gasteiger partial charge in [0.1, 0.15) is 5.75 Å². The van der Waals surface area contributed by atoms with Crippen LogP contribution in [0, 0.1) is 12.8 Å². The van der Waals surface area contributed by atoms with Crippen LogP contribution in [0.5, 0.6) is 5.75 Å². The molecule has 27 heavy (non-hydrogen) atoms. The van der Waals surface area contributed by atoms with Gasteiger partial charge in [0.25, 0.3) is 0 Å². The van der Waals surface area contributed by atoms with Crippen LogP contribution in [-0.4, -0.2) is 54.4 Å². The third kappa shape index (κ3) is 6.56. The number of nitrogens with zero attached hydrogens (tertiary/aromatic N) is 2. The second-order valence-electron chi connectivity index (χ2n) is 7.34. The zero-order chi connectivity index (χ0) is 19.6. The van der Waals surface area contributed by atoms with E-state index in [0.717, 1.165) is 38.1 Å². The van der Waals surface area contributed by atoms with Crippen molar-refractivity contribution in [3.8, 4) is 5.75 Å². The van der Waals surface area contributed by atoms with E-state index < -0.39 is 0 Å². The molecular weight excluding hydrogens is 340 g/mol. The molecule has 0 bridgehead atoms. The summed E-state index contributed by atoms with van der Waals surface area (Å²) in [5, 5.41) is 0. The van der Waals surface area contributed by atoms with Crippen LogP contribution in [0.3, 0.4) is 0 Å². The van der Waals surface area contributed by atoms with E-state index in [4.69, 9.17) is 4.74 Å². The van der Waals surface area contributed by atoms with Crippen LogP contribution < -0.4 is 4.74 Å². The second-order valence-corrected chi connectivity index (χ2v) is 7.34. The fourth-order valence-corrected chi connectivity index (χ4v) is 3.49. The molecule has 1 fully saturated rings. The van der Waals surface area contributed by atoms with Gasteiger partial charge in [0.2, 0.25) is 11.8 Å². The number of rotatable bonds is 8. The molecule has 0 N–H and O–H groups in total. The molecule has 0 spiro atoms. The monoisotopic (exact) mass is 374 g/mol. The molecule has 1 saturated heterocycles. The molecule has 0 unspecified atom stereocenters. The molecule has 0 radical (unpaired) electrons. The molecule has 1 aromatic carbocycles. The first kappa shape index (κ1) is 21.3. The van der Waals surface area contributed by atoms with Crippen LogP contribution in [0.1, 0.15) is 51.5 Å². The lowest BCUT2D eigenvalue weighted by molar-refractivity contribution is -0.136. The number of hydrogen-bond donors (Lipinski definition) is 0. The quantitative estimate of drug-likeness (QED) is 0.653. The molecule has 5 nitrogen and oxygen atoms in total. The van der Waals surface area contributed by atoms with Gasteiger partial charge in [0, 0.05) is 38.5 Å². The highest BCUT2D eigenvalue weighted by Crippen LogP contribution is 2.15. The molecule has 0 saturated carbocycles. The van der Waals surface area contributed by atoms with Crippen LogP contribution in [0.15, 0.2) is 24.3 Å². The van der Waals surface area contributed by atoms with Crippen molar-refractivity contribution in [2.45, 2.75) is 52.9 Å². The zero-order valence-corrected chi connectivity index (χ0v) is 17.1. The van der Waals surface area contributed by atoms with E-state index in [-0.39, 0.29) is 17.7 Å². The maximum atomic E-state index is 12.6. The standard InChI is InChI=1S/C22H34N2O3/c1-4-19(5-2)22(26)24-14-7-13-23(15-16-24)21(25)8-6-17-27-20-11-9-18(3)10-12-20/h9-12,19H,4-8,13-17H2,1-3H3. The predicted octanol–water partition coefficient (Wildman–Crippen LogP) is 3.65. The summed E-state index contributed by atoms with van der Waals surface area (Å²) in [6.45, 7) is 9.52. The first-order valence-electron chi connectivity index (χ1n) is 10.3. The number of hydrogen-bond acceptors (Lipinski definition) is 3. The average molecular weight is 375 g/mol. The Balaban J connectivity index is 1.72. The Morgan fingerprint density at radius 3 is 2.30 bits per heavy atom. The number of ether oxygens (including phenoxy) is 1. The summed E-state index contributed by atoms with van der Waals surface area (Å²) in [7, 11) is 0. The lowest BCUT2D eigenvalue weighted by Gasteiger charge is -2.25. The summed E-state index contributed by atoms with van der Waals surface area (Å²) in [6.07, 6.45) is 3.83. The Kier molecular flexibility index (Phi) is 8.62. The molecule has 2 amide bonds. The van der Waals surface area contributed by atoms with Crippen LogP contribution >= 0.6 is 0 Å². The van der Waals surface area contributed by atoms with Gasteiger partial charge in [-0.2, -0.15) is 0 Å². The SMILES string of the molecule is CCC(CC)C(=O)N1CCCN(C(=O)CCCOc2ccc(C)cc2)CC1. The van der Waals surface area contributed by atoms with E-state index in [1.165, 1.54) is 5.56 Å². The molecule has 1 aliphatic heterocycles. The van der Waals surface area contributed by atoms with E-state index in [0.29, 0.717) is 32.5 Å². The maximum Gasteiger partial charge on any atom is 0.225 e. The Morgan fingerprint density at radius 2 is 1.63 bits per heavy atom. The number of carbonyl (C=O) groups is 2. The van der Waals surface area contributed by atoms with Crippen molar-refractivity contribution in [3.05, 3.63) is 29.8 Å². The predicted molar refractivity (Wildman–Crippen MR) is 108 cm³/mol. The molecular formula is C22H34N2O3. The summed E-state index contributed by atoms with van der Waals surface area (Å²) in [4.78, 5) is 28.9. The van der Waals surface area contributed by atoms with E-state index in [1.807, 2.05) is 41.0 Å².